The van der Waals surface area contributed by atoms with E-state index >= 15 is 0 Å². The van der Waals surface area contributed by atoms with E-state index < -0.39 is 0 Å². The van der Waals surface area contributed by atoms with Crippen LogP contribution in [0.1, 0.15) is 10.4 Å². The van der Waals surface area contributed by atoms with Crippen molar-refractivity contribution < 1.29 is 9.53 Å². The van der Waals surface area contributed by atoms with Gasteiger partial charge < -0.3 is 20.8 Å². The molecule has 0 fully saturated rings. The van der Waals surface area contributed by atoms with Crippen molar-refractivity contribution in [3.8, 4) is 11.3 Å². The number of H-pyrrole nitrogens is 1. The van der Waals surface area contributed by atoms with E-state index in [0.717, 1.165) is 27.7 Å². The zero-order valence-electron chi connectivity index (χ0n) is 15.7. The Hall–Kier alpha value is -3.45. The lowest BCUT2D eigenvalue weighted by molar-refractivity contribution is 0.0957. The Morgan fingerprint density at radius 3 is 2.86 bits per heavy atom. The maximum atomic E-state index is 12.4. The smallest absolute Gasteiger partial charge is 0.251 e. The van der Waals surface area contributed by atoms with E-state index in [9.17, 15) is 4.79 Å². The predicted octanol–water partition coefficient (Wildman–Crippen LogP) is 2.52. The second-order valence-corrected chi connectivity index (χ2v) is 6.13. The summed E-state index contributed by atoms with van der Waals surface area (Å²) in [6.45, 7) is 1.39. The normalized spacial score (nSPS) is 12.0. The van der Waals surface area contributed by atoms with Gasteiger partial charge in [-0.1, -0.05) is 12.1 Å². The van der Waals surface area contributed by atoms with Crippen molar-refractivity contribution in [2.45, 2.75) is 0 Å². The molecule has 0 bridgehead atoms. The molecule has 0 spiro atoms. The first kappa shape index (κ1) is 19.3. The van der Waals surface area contributed by atoms with Gasteiger partial charge in [0.05, 0.1) is 18.8 Å². The highest BCUT2D eigenvalue weighted by molar-refractivity contribution is 5.97. The van der Waals surface area contributed by atoms with E-state index in [0.29, 0.717) is 25.3 Å². The molecule has 144 valence electrons. The average Bonchev–Trinajstić information content (AvgIpc) is 3.22. The van der Waals surface area contributed by atoms with Gasteiger partial charge in [0.2, 0.25) is 0 Å². The fourth-order valence-corrected chi connectivity index (χ4v) is 2.75. The Morgan fingerprint density at radius 2 is 2.11 bits per heavy atom. The van der Waals surface area contributed by atoms with Crippen molar-refractivity contribution in [3.63, 3.8) is 0 Å². The maximum Gasteiger partial charge on any atom is 0.251 e. The summed E-state index contributed by atoms with van der Waals surface area (Å²) in [5.74, 6) is -0.177. The quantitative estimate of drug-likeness (QED) is 0.414. The lowest BCUT2D eigenvalue weighted by atomic mass is 10.1. The Balaban J connectivity index is 1.64. The molecule has 4 N–H and O–H groups in total. The summed E-state index contributed by atoms with van der Waals surface area (Å²) in [6.07, 6.45) is 6.73. The van der Waals surface area contributed by atoms with E-state index in [1.165, 1.54) is 6.20 Å². The van der Waals surface area contributed by atoms with Crippen molar-refractivity contribution in [1.82, 2.24) is 15.3 Å². The van der Waals surface area contributed by atoms with E-state index in [1.807, 2.05) is 30.5 Å². The van der Waals surface area contributed by atoms with Gasteiger partial charge in [0, 0.05) is 66.1 Å². The third-order valence-corrected chi connectivity index (χ3v) is 4.25. The molecule has 0 unspecified atom stereocenters. The largest absolute Gasteiger partial charge is 0.404 e. The molecule has 1 aromatic carbocycles. The number of amides is 1. The molecular formula is C21H23N5O2. The van der Waals surface area contributed by atoms with Crippen molar-refractivity contribution in [1.29, 1.82) is 0 Å². The van der Waals surface area contributed by atoms with E-state index in [-0.39, 0.29) is 5.91 Å². The summed E-state index contributed by atoms with van der Waals surface area (Å²) in [5, 5.41) is 3.89. The molecule has 0 saturated heterocycles. The molecule has 0 aliphatic carbocycles. The van der Waals surface area contributed by atoms with Gasteiger partial charge in [-0.15, -0.1) is 0 Å². The Labute approximate surface area is 163 Å². The van der Waals surface area contributed by atoms with Crippen LogP contribution in [0.2, 0.25) is 0 Å². The predicted molar refractivity (Wildman–Crippen MR) is 111 cm³/mol. The lowest BCUT2D eigenvalue weighted by Gasteiger charge is -2.07. The molecule has 7 nitrogen and oxygen atoms in total. The molecule has 2 heterocycles. The topological polar surface area (TPSA) is 105 Å². The zero-order chi connectivity index (χ0) is 19.8. The monoisotopic (exact) mass is 377 g/mol. The molecule has 0 radical (unpaired) electrons. The van der Waals surface area contributed by atoms with Crippen LogP contribution < -0.4 is 11.1 Å². The highest BCUT2D eigenvalue weighted by Gasteiger charge is 2.09. The molecule has 0 saturated carbocycles. The number of pyridine rings is 1. The summed E-state index contributed by atoms with van der Waals surface area (Å²) >= 11 is 0. The molecule has 0 aliphatic rings. The number of fused-ring (bicyclic) bond motifs is 1. The van der Waals surface area contributed by atoms with Crippen LogP contribution in [-0.4, -0.2) is 48.9 Å². The standard InChI is InChI=1S/C21H23N5O2/c1-28-11-10-23-13-15(12-22)14-26-21(27)17-4-2-16(3-5-17)20-18-6-8-24-19(18)7-9-25-20/h2-9,12-13,24H,10-11,14,22H2,1H3,(H,26,27). The molecule has 1 amide bonds. The van der Waals surface area contributed by atoms with Gasteiger partial charge in [-0.05, 0) is 24.3 Å². The molecule has 0 aliphatic heterocycles. The number of aromatic amines is 1. The number of carbonyl (C=O) groups excluding carboxylic acids is 1. The second-order valence-electron chi connectivity index (χ2n) is 6.13. The number of nitrogens with one attached hydrogen (secondary N) is 2. The lowest BCUT2D eigenvalue weighted by Crippen LogP contribution is -2.26. The molecular weight excluding hydrogens is 354 g/mol. The number of aliphatic imine (C=N–C) groups is 1. The first-order valence-electron chi connectivity index (χ1n) is 8.93. The van der Waals surface area contributed by atoms with Gasteiger partial charge in [-0.2, -0.15) is 0 Å². The first-order valence-corrected chi connectivity index (χ1v) is 8.93. The number of methoxy groups -OCH3 is 1. The van der Waals surface area contributed by atoms with Gasteiger partial charge in [0.15, 0.2) is 0 Å². The highest BCUT2D eigenvalue weighted by atomic mass is 16.5. The van der Waals surface area contributed by atoms with E-state index in [1.54, 1.807) is 31.7 Å². The molecule has 28 heavy (non-hydrogen) atoms. The Morgan fingerprint density at radius 1 is 1.29 bits per heavy atom. The van der Waals surface area contributed by atoms with E-state index in [4.69, 9.17) is 10.5 Å². The second kappa shape index (κ2) is 9.48. The highest BCUT2D eigenvalue weighted by Crippen LogP contribution is 2.25. The summed E-state index contributed by atoms with van der Waals surface area (Å²) < 4.78 is 4.93. The average molecular weight is 377 g/mol. The Kier molecular flexibility index (Phi) is 6.54. The summed E-state index contributed by atoms with van der Waals surface area (Å²) in [7, 11) is 1.62. The van der Waals surface area contributed by atoms with Gasteiger partial charge in [-0.25, -0.2) is 0 Å². The fraction of sp³-hybridized carbons (Fsp3) is 0.190. The Bertz CT molecular complexity index is 989. The van der Waals surface area contributed by atoms with Crippen LogP contribution >= 0.6 is 0 Å². The summed E-state index contributed by atoms with van der Waals surface area (Å²) in [6, 6.07) is 11.3. The number of nitrogens with zero attached hydrogens (tertiary/aromatic N) is 2. The SMILES string of the molecule is COCCN=CC(=CN)CNC(=O)c1ccc(-c2nccc3[nH]ccc23)cc1. The molecule has 3 rings (SSSR count). The van der Waals surface area contributed by atoms with Gasteiger partial charge in [-0.3, -0.25) is 14.8 Å². The van der Waals surface area contributed by atoms with Crippen LogP contribution in [0.3, 0.4) is 0 Å². The van der Waals surface area contributed by atoms with Crippen molar-refractivity contribution >= 4 is 23.0 Å². The van der Waals surface area contributed by atoms with Gasteiger partial charge >= 0.3 is 0 Å². The van der Waals surface area contributed by atoms with Crippen LogP contribution in [0.25, 0.3) is 22.2 Å². The zero-order valence-corrected chi connectivity index (χ0v) is 15.7. The van der Waals surface area contributed by atoms with Gasteiger partial charge in [0.25, 0.3) is 5.91 Å². The van der Waals surface area contributed by atoms with Crippen LogP contribution in [0.5, 0.6) is 0 Å². The number of hydrogen-bond acceptors (Lipinski definition) is 5. The number of hydrogen-bond donors (Lipinski definition) is 3. The first-order chi connectivity index (χ1) is 13.7. The molecule has 2 aromatic heterocycles. The molecule has 3 aromatic rings. The van der Waals surface area contributed by atoms with Crippen LogP contribution in [0.15, 0.2) is 65.6 Å². The number of aromatic nitrogens is 2. The maximum absolute atomic E-state index is 12.4. The molecule has 7 heteroatoms. The van der Waals surface area contributed by atoms with Crippen LogP contribution in [0.4, 0.5) is 0 Å². The third-order valence-electron chi connectivity index (χ3n) is 4.25. The summed E-state index contributed by atoms with van der Waals surface area (Å²) in [5.41, 5.74) is 9.74. The van der Waals surface area contributed by atoms with Crippen molar-refractivity contribution in [2.24, 2.45) is 10.7 Å². The summed E-state index contributed by atoms with van der Waals surface area (Å²) in [4.78, 5) is 24.2. The van der Waals surface area contributed by atoms with E-state index in [2.05, 4.69) is 20.3 Å². The number of benzene rings is 1. The van der Waals surface area contributed by atoms with Gasteiger partial charge in [0.1, 0.15) is 0 Å². The molecule has 0 atom stereocenters. The van der Waals surface area contributed by atoms with Crippen LogP contribution in [-0.2, 0) is 4.74 Å². The fourth-order valence-electron chi connectivity index (χ4n) is 2.75. The third kappa shape index (κ3) is 4.63. The number of carbonyl (C=O) groups is 1. The van der Waals surface area contributed by atoms with Crippen molar-refractivity contribution in [3.05, 3.63) is 66.1 Å². The minimum Gasteiger partial charge on any atom is -0.404 e. The van der Waals surface area contributed by atoms with Crippen molar-refractivity contribution in [2.75, 3.05) is 26.8 Å². The number of rotatable bonds is 8. The van der Waals surface area contributed by atoms with Crippen LogP contribution in [0, 0.1) is 0 Å². The minimum atomic E-state index is -0.177. The number of nitrogens with two attached hydrogens (primary N) is 1. The number of ether oxygens (including phenoxy) is 1. The minimum absolute atomic E-state index is 0.177.